The van der Waals surface area contributed by atoms with Crippen molar-refractivity contribution in [3.8, 4) is 11.1 Å². The lowest BCUT2D eigenvalue weighted by molar-refractivity contribution is -0.144. The highest BCUT2D eigenvalue weighted by Gasteiger charge is 2.37. The molecule has 1 aliphatic carbocycles. The zero-order chi connectivity index (χ0) is 24.5. The van der Waals surface area contributed by atoms with Crippen molar-refractivity contribution in [3.05, 3.63) is 89.5 Å². The fourth-order valence-corrected chi connectivity index (χ4v) is 4.83. The van der Waals surface area contributed by atoms with Crippen LogP contribution in [0.15, 0.2) is 72.8 Å². The molecule has 2 N–H and O–H groups in total. The number of carboxylic acid groups (broad SMARTS) is 1. The Morgan fingerprint density at radius 3 is 2.09 bits per heavy atom. The second-order valence-corrected chi connectivity index (χ2v) is 9.13. The van der Waals surface area contributed by atoms with Gasteiger partial charge in [-0.15, -0.1) is 0 Å². The molecule has 0 aromatic heterocycles. The first-order valence-corrected chi connectivity index (χ1v) is 11.7. The van der Waals surface area contributed by atoms with Crippen molar-refractivity contribution in [2.45, 2.75) is 12.8 Å². The zero-order valence-corrected chi connectivity index (χ0v) is 19.3. The Morgan fingerprint density at radius 1 is 0.943 bits per heavy atom. The summed E-state index contributed by atoms with van der Waals surface area (Å²) in [4.78, 5) is 37.8. The van der Waals surface area contributed by atoms with E-state index in [0.717, 1.165) is 11.1 Å². The van der Waals surface area contributed by atoms with Crippen LogP contribution >= 0.6 is 0 Å². The maximum atomic E-state index is 12.6. The number of benzene rings is 3. The summed E-state index contributed by atoms with van der Waals surface area (Å²) in [6.07, 6.45) is -0.556. The standard InChI is InChI=1S/C28H26N2O5/c1-17(27(32)33)19-14-30(15-19)26(31)18-10-12-20(13-11-18)29-28(34)35-16-25-23-8-4-2-6-21(23)22-7-3-5-9-24(22)25/h2-13,17,19,25H,14-16H2,1H3,(H,29,34)(H,32,33). The number of amides is 2. The summed E-state index contributed by atoms with van der Waals surface area (Å²) in [5, 5.41) is 11.8. The van der Waals surface area contributed by atoms with E-state index in [9.17, 15) is 14.4 Å². The van der Waals surface area contributed by atoms with Crippen LogP contribution in [0.3, 0.4) is 0 Å². The molecule has 0 saturated carbocycles. The van der Waals surface area contributed by atoms with Crippen LogP contribution in [0, 0.1) is 11.8 Å². The van der Waals surface area contributed by atoms with Gasteiger partial charge in [-0.3, -0.25) is 14.9 Å². The highest BCUT2D eigenvalue weighted by atomic mass is 16.5. The van der Waals surface area contributed by atoms with E-state index in [-0.39, 0.29) is 24.3 Å². The number of carbonyl (C=O) groups is 3. The fraction of sp³-hybridized carbons (Fsp3) is 0.250. The van der Waals surface area contributed by atoms with Crippen LogP contribution in [0.4, 0.5) is 10.5 Å². The Hall–Kier alpha value is -4.13. The van der Waals surface area contributed by atoms with Gasteiger partial charge in [0.05, 0.1) is 5.92 Å². The van der Waals surface area contributed by atoms with Crippen LogP contribution in [0.1, 0.15) is 34.3 Å². The van der Waals surface area contributed by atoms with Crippen molar-refractivity contribution in [1.82, 2.24) is 4.90 Å². The van der Waals surface area contributed by atoms with E-state index in [1.807, 2.05) is 24.3 Å². The summed E-state index contributed by atoms with van der Waals surface area (Å²) in [5.74, 6) is -1.50. The maximum Gasteiger partial charge on any atom is 0.411 e. The number of hydrogen-bond acceptors (Lipinski definition) is 4. The minimum atomic E-state index is -0.842. The molecule has 2 aliphatic rings. The molecule has 3 aromatic rings. The Kier molecular flexibility index (Phi) is 5.99. The lowest BCUT2D eigenvalue weighted by Gasteiger charge is -2.41. The molecule has 1 atom stereocenters. The van der Waals surface area contributed by atoms with Gasteiger partial charge in [-0.05, 0) is 46.5 Å². The Balaban J connectivity index is 1.16. The topological polar surface area (TPSA) is 95.9 Å². The van der Waals surface area contributed by atoms with Gasteiger partial charge < -0.3 is 14.7 Å². The molecule has 1 heterocycles. The first-order valence-electron chi connectivity index (χ1n) is 11.7. The Bertz CT molecular complexity index is 1240. The number of fused-ring (bicyclic) bond motifs is 3. The number of rotatable bonds is 6. The predicted molar refractivity (Wildman–Crippen MR) is 131 cm³/mol. The van der Waals surface area contributed by atoms with E-state index < -0.39 is 18.0 Å². The molecule has 7 nitrogen and oxygen atoms in total. The van der Waals surface area contributed by atoms with E-state index in [4.69, 9.17) is 9.84 Å². The van der Waals surface area contributed by atoms with Gasteiger partial charge in [0.1, 0.15) is 6.61 Å². The van der Waals surface area contributed by atoms with Crippen LogP contribution in [0.2, 0.25) is 0 Å². The maximum absolute atomic E-state index is 12.6. The highest BCUT2D eigenvalue weighted by molar-refractivity contribution is 5.95. The fourth-order valence-electron chi connectivity index (χ4n) is 4.83. The van der Waals surface area contributed by atoms with E-state index >= 15 is 0 Å². The molecule has 0 spiro atoms. The highest BCUT2D eigenvalue weighted by Crippen LogP contribution is 2.44. The van der Waals surface area contributed by atoms with Crippen LogP contribution < -0.4 is 5.32 Å². The molecular formula is C28H26N2O5. The number of hydrogen-bond donors (Lipinski definition) is 2. The number of nitrogens with zero attached hydrogens (tertiary/aromatic N) is 1. The van der Waals surface area contributed by atoms with Gasteiger partial charge in [0.2, 0.25) is 0 Å². The number of anilines is 1. The quantitative estimate of drug-likeness (QED) is 0.537. The molecule has 0 bridgehead atoms. The molecule has 1 saturated heterocycles. The predicted octanol–water partition coefficient (Wildman–Crippen LogP) is 4.84. The van der Waals surface area contributed by atoms with E-state index in [1.165, 1.54) is 11.1 Å². The summed E-state index contributed by atoms with van der Waals surface area (Å²) in [6.45, 7) is 2.76. The summed E-state index contributed by atoms with van der Waals surface area (Å²) in [5.41, 5.74) is 5.65. The van der Waals surface area contributed by atoms with Gasteiger partial charge in [-0.2, -0.15) is 0 Å². The largest absolute Gasteiger partial charge is 0.481 e. The number of ether oxygens (including phenoxy) is 1. The van der Waals surface area contributed by atoms with Crippen LogP contribution in [-0.4, -0.2) is 47.7 Å². The number of carbonyl (C=O) groups excluding carboxylic acids is 2. The van der Waals surface area contributed by atoms with Crippen molar-refractivity contribution in [1.29, 1.82) is 0 Å². The first-order chi connectivity index (χ1) is 16.9. The molecule has 35 heavy (non-hydrogen) atoms. The third-order valence-corrected chi connectivity index (χ3v) is 7.02. The molecule has 3 aromatic carbocycles. The van der Waals surface area contributed by atoms with E-state index in [0.29, 0.717) is 24.3 Å². The van der Waals surface area contributed by atoms with Crippen molar-refractivity contribution in [3.63, 3.8) is 0 Å². The second-order valence-electron chi connectivity index (χ2n) is 9.13. The van der Waals surface area contributed by atoms with Gasteiger partial charge in [-0.25, -0.2) is 4.79 Å². The lowest BCUT2D eigenvalue weighted by Crippen LogP contribution is -2.53. The Labute approximate surface area is 203 Å². The molecule has 7 heteroatoms. The van der Waals surface area contributed by atoms with Crippen molar-refractivity contribution >= 4 is 23.7 Å². The van der Waals surface area contributed by atoms with Crippen molar-refractivity contribution in [2.75, 3.05) is 25.0 Å². The van der Waals surface area contributed by atoms with Crippen molar-refractivity contribution < 1.29 is 24.2 Å². The third kappa shape index (κ3) is 4.37. The third-order valence-electron chi connectivity index (χ3n) is 7.02. The molecular weight excluding hydrogens is 444 g/mol. The summed E-state index contributed by atoms with van der Waals surface area (Å²) in [7, 11) is 0. The summed E-state index contributed by atoms with van der Waals surface area (Å²) < 4.78 is 5.57. The van der Waals surface area contributed by atoms with Gasteiger partial charge in [0.25, 0.3) is 5.91 Å². The minimum absolute atomic E-state index is 0.0163. The average molecular weight is 471 g/mol. The average Bonchev–Trinajstić information content (AvgIpc) is 3.16. The zero-order valence-electron chi connectivity index (χ0n) is 19.3. The molecule has 1 unspecified atom stereocenters. The first kappa shape index (κ1) is 22.7. The number of nitrogens with one attached hydrogen (secondary N) is 1. The summed E-state index contributed by atoms with van der Waals surface area (Å²) in [6, 6.07) is 22.9. The Morgan fingerprint density at radius 2 is 1.51 bits per heavy atom. The molecule has 1 fully saturated rings. The molecule has 1 aliphatic heterocycles. The number of carboxylic acids is 1. The summed E-state index contributed by atoms with van der Waals surface area (Å²) >= 11 is 0. The van der Waals surface area contributed by atoms with Gasteiger partial charge in [0.15, 0.2) is 0 Å². The molecule has 5 rings (SSSR count). The van der Waals surface area contributed by atoms with E-state index in [2.05, 4.69) is 29.6 Å². The van der Waals surface area contributed by atoms with Gasteiger partial charge >= 0.3 is 12.1 Å². The second kappa shape index (κ2) is 9.25. The monoisotopic (exact) mass is 470 g/mol. The molecule has 178 valence electrons. The number of aliphatic carboxylic acids is 1. The lowest BCUT2D eigenvalue weighted by atomic mass is 9.86. The van der Waals surface area contributed by atoms with Crippen LogP contribution in [-0.2, 0) is 9.53 Å². The van der Waals surface area contributed by atoms with Crippen LogP contribution in [0.5, 0.6) is 0 Å². The molecule has 2 amide bonds. The van der Waals surface area contributed by atoms with Gasteiger partial charge in [-0.1, -0.05) is 55.5 Å². The van der Waals surface area contributed by atoms with Crippen molar-refractivity contribution in [2.24, 2.45) is 11.8 Å². The number of likely N-dealkylation sites (tertiary alicyclic amines) is 1. The van der Waals surface area contributed by atoms with Crippen LogP contribution in [0.25, 0.3) is 11.1 Å². The van der Waals surface area contributed by atoms with E-state index in [1.54, 1.807) is 36.1 Å². The SMILES string of the molecule is CC(C(=O)O)C1CN(C(=O)c2ccc(NC(=O)OCC3c4ccccc4-c4ccccc43)cc2)C1. The minimum Gasteiger partial charge on any atom is -0.481 e. The molecule has 0 radical (unpaired) electrons. The van der Waals surface area contributed by atoms with Gasteiger partial charge in [0, 0.05) is 36.2 Å². The normalized spacial score (nSPS) is 15.5. The smallest absolute Gasteiger partial charge is 0.411 e.